The monoisotopic (exact) mass is 260 g/mol. The van der Waals surface area contributed by atoms with Gasteiger partial charge >= 0.3 is 0 Å². The highest BCUT2D eigenvalue weighted by atomic mass is 16.5. The van der Waals surface area contributed by atoms with E-state index in [-0.39, 0.29) is 11.9 Å². The molecule has 1 aromatic carbocycles. The Hall–Kier alpha value is -1.97. The summed E-state index contributed by atoms with van der Waals surface area (Å²) in [5, 5.41) is 3.85. The Bertz CT molecular complexity index is 601. The van der Waals surface area contributed by atoms with Crippen LogP contribution in [0.1, 0.15) is 36.3 Å². The highest BCUT2D eigenvalue weighted by Crippen LogP contribution is 2.30. The van der Waals surface area contributed by atoms with Gasteiger partial charge in [-0.15, -0.1) is 0 Å². The topological polar surface area (TPSA) is 54.1 Å². The van der Waals surface area contributed by atoms with Gasteiger partial charge in [-0.05, 0) is 32.4 Å². The number of aromatic nitrogens is 1. The third-order valence-corrected chi connectivity index (χ3v) is 3.41. The number of ether oxygens (including phenoxy) is 1. The first-order valence-corrected chi connectivity index (χ1v) is 6.54. The molecule has 0 radical (unpaired) electrons. The molecule has 4 heteroatoms. The zero-order chi connectivity index (χ0) is 14.0. The molecule has 0 fully saturated rings. The van der Waals surface area contributed by atoms with Gasteiger partial charge in [0.25, 0.3) is 5.91 Å². The van der Waals surface area contributed by atoms with Crippen molar-refractivity contribution in [2.75, 3.05) is 7.11 Å². The lowest BCUT2D eigenvalue weighted by atomic mass is 10.1. The molecule has 102 valence electrons. The second kappa shape index (κ2) is 5.34. The molecule has 0 bridgehead atoms. The summed E-state index contributed by atoms with van der Waals surface area (Å²) in [6, 6.07) is 5.89. The van der Waals surface area contributed by atoms with E-state index in [0.717, 1.165) is 28.8 Å². The van der Waals surface area contributed by atoms with Crippen LogP contribution in [0.15, 0.2) is 18.2 Å². The number of amides is 1. The Morgan fingerprint density at radius 3 is 2.84 bits per heavy atom. The van der Waals surface area contributed by atoms with Crippen molar-refractivity contribution >= 4 is 16.8 Å². The Morgan fingerprint density at radius 1 is 1.47 bits per heavy atom. The number of carbonyl (C=O) groups excluding carboxylic acids is 1. The van der Waals surface area contributed by atoms with Gasteiger partial charge in [0, 0.05) is 11.7 Å². The van der Waals surface area contributed by atoms with Gasteiger partial charge < -0.3 is 15.0 Å². The number of hydrogen-bond donors (Lipinski definition) is 2. The number of aromatic amines is 1. The number of hydrogen-bond acceptors (Lipinski definition) is 2. The number of H-pyrrole nitrogens is 1. The van der Waals surface area contributed by atoms with E-state index in [9.17, 15) is 4.79 Å². The van der Waals surface area contributed by atoms with E-state index in [1.54, 1.807) is 7.11 Å². The molecule has 1 aromatic heterocycles. The summed E-state index contributed by atoms with van der Waals surface area (Å²) in [6.07, 6.45) is 0.907. The SMILES string of the molecule is CCC(C)NC(=O)c1c(C)[nH]c2cccc(OC)c12. The summed E-state index contributed by atoms with van der Waals surface area (Å²) in [5.74, 6) is 0.666. The fourth-order valence-electron chi connectivity index (χ4n) is 2.20. The average Bonchev–Trinajstić information content (AvgIpc) is 2.74. The number of fused-ring (bicyclic) bond motifs is 1. The number of nitrogens with one attached hydrogen (secondary N) is 2. The van der Waals surface area contributed by atoms with Crippen molar-refractivity contribution < 1.29 is 9.53 Å². The normalized spacial score (nSPS) is 12.4. The van der Waals surface area contributed by atoms with Gasteiger partial charge in [0.05, 0.1) is 23.6 Å². The molecule has 0 aliphatic heterocycles. The second-order valence-corrected chi connectivity index (χ2v) is 4.79. The van der Waals surface area contributed by atoms with E-state index in [1.165, 1.54) is 0 Å². The van der Waals surface area contributed by atoms with Gasteiger partial charge in [0.2, 0.25) is 0 Å². The molecule has 0 saturated heterocycles. The maximum absolute atomic E-state index is 12.4. The van der Waals surface area contributed by atoms with Gasteiger partial charge in [0.15, 0.2) is 0 Å². The summed E-state index contributed by atoms with van der Waals surface area (Å²) in [5.41, 5.74) is 2.46. The van der Waals surface area contributed by atoms with Crippen molar-refractivity contribution in [1.82, 2.24) is 10.3 Å². The van der Waals surface area contributed by atoms with Crippen LogP contribution in [0, 0.1) is 6.92 Å². The maximum atomic E-state index is 12.4. The van der Waals surface area contributed by atoms with E-state index < -0.39 is 0 Å². The number of carbonyl (C=O) groups is 1. The molecule has 0 aliphatic rings. The number of aryl methyl sites for hydroxylation is 1. The molecule has 2 N–H and O–H groups in total. The maximum Gasteiger partial charge on any atom is 0.254 e. The lowest BCUT2D eigenvalue weighted by Gasteiger charge is -2.12. The minimum atomic E-state index is -0.0531. The average molecular weight is 260 g/mol. The van der Waals surface area contributed by atoms with E-state index in [4.69, 9.17) is 4.74 Å². The molecule has 0 spiro atoms. The number of rotatable bonds is 4. The van der Waals surface area contributed by atoms with Crippen LogP contribution in [0.4, 0.5) is 0 Å². The van der Waals surface area contributed by atoms with Gasteiger partial charge in [-0.25, -0.2) is 0 Å². The molecule has 1 heterocycles. The van der Waals surface area contributed by atoms with E-state index in [0.29, 0.717) is 5.56 Å². The summed E-state index contributed by atoms with van der Waals surface area (Å²) < 4.78 is 5.36. The van der Waals surface area contributed by atoms with E-state index >= 15 is 0 Å². The van der Waals surface area contributed by atoms with Crippen LogP contribution in [0.3, 0.4) is 0 Å². The largest absolute Gasteiger partial charge is 0.496 e. The van der Waals surface area contributed by atoms with Crippen molar-refractivity contribution in [2.45, 2.75) is 33.2 Å². The van der Waals surface area contributed by atoms with Crippen LogP contribution in [0.5, 0.6) is 5.75 Å². The zero-order valence-corrected chi connectivity index (χ0v) is 11.8. The van der Waals surface area contributed by atoms with Crippen LogP contribution >= 0.6 is 0 Å². The molecule has 1 unspecified atom stereocenters. The van der Waals surface area contributed by atoms with Crippen LogP contribution in [0.2, 0.25) is 0 Å². The Labute approximate surface area is 113 Å². The van der Waals surface area contributed by atoms with Crippen molar-refractivity contribution in [2.24, 2.45) is 0 Å². The Balaban J connectivity index is 2.53. The molecule has 4 nitrogen and oxygen atoms in total. The standard InChI is InChI=1S/C15H20N2O2/c1-5-9(2)16-15(18)13-10(3)17-11-7-6-8-12(19-4)14(11)13/h6-9,17H,5H2,1-4H3,(H,16,18). The predicted octanol–water partition coefficient (Wildman–Crippen LogP) is 3.01. The fourth-order valence-corrected chi connectivity index (χ4v) is 2.20. The van der Waals surface area contributed by atoms with Gasteiger partial charge in [-0.1, -0.05) is 13.0 Å². The Morgan fingerprint density at radius 2 is 2.21 bits per heavy atom. The van der Waals surface area contributed by atoms with Crippen LogP contribution in [-0.4, -0.2) is 24.0 Å². The van der Waals surface area contributed by atoms with Crippen LogP contribution in [-0.2, 0) is 0 Å². The third kappa shape index (κ3) is 2.43. The number of methoxy groups -OCH3 is 1. The highest BCUT2D eigenvalue weighted by molar-refractivity contribution is 6.10. The van der Waals surface area contributed by atoms with Crippen molar-refractivity contribution in [3.8, 4) is 5.75 Å². The van der Waals surface area contributed by atoms with Crippen molar-refractivity contribution in [3.05, 3.63) is 29.5 Å². The molecule has 1 atom stereocenters. The molecule has 2 rings (SSSR count). The van der Waals surface area contributed by atoms with E-state index in [2.05, 4.69) is 10.3 Å². The first kappa shape index (κ1) is 13.5. The minimum Gasteiger partial charge on any atom is -0.496 e. The highest BCUT2D eigenvalue weighted by Gasteiger charge is 2.19. The third-order valence-electron chi connectivity index (χ3n) is 3.41. The second-order valence-electron chi connectivity index (χ2n) is 4.79. The first-order chi connectivity index (χ1) is 9.08. The van der Waals surface area contributed by atoms with Gasteiger partial charge in [0.1, 0.15) is 5.75 Å². The molecule has 1 amide bonds. The lowest BCUT2D eigenvalue weighted by Crippen LogP contribution is -2.32. The van der Waals surface area contributed by atoms with Crippen LogP contribution in [0.25, 0.3) is 10.9 Å². The predicted molar refractivity (Wildman–Crippen MR) is 76.8 cm³/mol. The molecular formula is C15H20N2O2. The molecular weight excluding hydrogens is 240 g/mol. The molecule has 19 heavy (non-hydrogen) atoms. The smallest absolute Gasteiger partial charge is 0.254 e. The Kier molecular flexibility index (Phi) is 3.79. The van der Waals surface area contributed by atoms with Crippen molar-refractivity contribution in [3.63, 3.8) is 0 Å². The minimum absolute atomic E-state index is 0.0531. The quantitative estimate of drug-likeness (QED) is 0.887. The summed E-state index contributed by atoms with van der Waals surface area (Å²) in [6.45, 7) is 5.96. The number of benzene rings is 1. The van der Waals surface area contributed by atoms with Gasteiger partial charge in [-0.3, -0.25) is 4.79 Å². The lowest BCUT2D eigenvalue weighted by molar-refractivity contribution is 0.0940. The molecule has 0 aliphatic carbocycles. The molecule has 2 aromatic rings. The fraction of sp³-hybridized carbons (Fsp3) is 0.400. The van der Waals surface area contributed by atoms with Gasteiger partial charge in [-0.2, -0.15) is 0 Å². The summed E-state index contributed by atoms with van der Waals surface area (Å²) in [7, 11) is 1.62. The zero-order valence-electron chi connectivity index (χ0n) is 11.8. The summed E-state index contributed by atoms with van der Waals surface area (Å²) in [4.78, 5) is 15.6. The molecule has 0 saturated carbocycles. The van der Waals surface area contributed by atoms with Crippen molar-refractivity contribution in [1.29, 1.82) is 0 Å². The van der Waals surface area contributed by atoms with Crippen LogP contribution < -0.4 is 10.1 Å². The summed E-state index contributed by atoms with van der Waals surface area (Å²) >= 11 is 0. The van der Waals surface area contributed by atoms with E-state index in [1.807, 2.05) is 39.0 Å². The first-order valence-electron chi connectivity index (χ1n) is 6.54.